The first kappa shape index (κ1) is 22.6. The van der Waals surface area contributed by atoms with Crippen LogP contribution in [0.15, 0.2) is 65.9 Å². The number of hydrogen-bond acceptors (Lipinski definition) is 8. The molecule has 0 saturated heterocycles. The first-order valence-corrected chi connectivity index (χ1v) is 12.5. The lowest BCUT2D eigenvalue weighted by Crippen LogP contribution is -2.24. The monoisotopic (exact) mass is 479 g/mol. The van der Waals surface area contributed by atoms with Crippen molar-refractivity contribution in [2.45, 2.75) is 31.4 Å². The Morgan fingerprint density at radius 2 is 1.79 bits per heavy atom. The minimum atomic E-state index is -4.04. The molecule has 0 amide bonds. The Kier molecular flexibility index (Phi) is 6.13. The van der Waals surface area contributed by atoms with Crippen LogP contribution in [0, 0.1) is 5.92 Å². The summed E-state index contributed by atoms with van der Waals surface area (Å²) in [6.07, 6.45) is 2.36. The minimum Gasteiger partial charge on any atom is -0.393 e. The van der Waals surface area contributed by atoms with E-state index in [4.69, 9.17) is 10.1 Å². The van der Waals surface area contributed by atoms with Crippen molar-refractivity contribution in [3.05, 3.63) is 72.2 Å². The second kappa shape index (κ2) is 9.22. The van der Waals surface area contributed by atoms with Gasteiger partial charge >= 0.3 is 10.3 Å². The van der Waals surface area contributed by atoms with Crippen LogP contribution in [0.3, 0.4) is 0 Å². The van der Waals surface area contributed by atoms with Crippen molar-refractivity contribution in [3.63, 3.8) is 0 Å². The Morgan fingerprint density at radius 3 is 2.59 bits per heavy atom. The first-order valence-electron chi connectivity index (χ1n) is 11.0. The quantitative estimate of drug-likeness (QED) is 0.473. The molecule has 176 valence electrons. The molecule has 0 bridgehead atoms. The molecule has 10 heteroatoms. The number of hydrogen-bond donors (Lipinski definition) is 3. The fraction of sp³-hybridized carbons (Fsp3) is 0.292. The van der Waals surface area contributed by atoms with Gasteiger partial charge in [0.25, 0.3) is 0 Å². The van der Waals surface area contributed by atoms with Crippen molar-refractivity contribution >= 4 is 27.5 Å². The van der Waals surface area contributed by atoms with Crippen molar-refractivity contribution in [1.29, 1.82) is 0 Å². The molecular formula is C24H25N5O4S. The molecule has 0 unspecified atom stereocenters. The molecule has 1 aliphatic carbocycles. The zero-order chi connectivity index (χ0) is 23.7. The van der Waals surface area contributed by atoms with Gasteiger partial charge in [-0.2, -0.15) is 8.42 Å². The second-order valence-electron chi connectivity index (χ2n) is 8.62. The summed E-state index contributed by atoms with van der Waals surface area (Å²) in [5.74, 6) is 0.259. The molecule has 1 aromatic heterocycles. The normalized spacial score (nSPS) is 21.8. The highest BCUT2D eigenvalue weighted by molar-refractivity contribution is 7.84. The van der Waals surface area contributed by atoms with E-state index >= 15 is 0 Å². The molecular weight excluding hydrogens is 454 g/mol. The van der Waals surface area contributed by atoms with Crippen LogP contribution >= 0.6 is 0 Å². The molecule has 9 nitrogen and oxygen atoms in total. The Labute approximate surface area is 198 Å². The average Bonchev–Trinajstić information content (AvgIpc) is 3.42. The SMILES string of the molecule is NS(=O)(=O)OC[C@@H]1C[C@@H](Nc2ncnc3c2N=C(c2cccc(-c4ccccc4)c2)C3)C[C@@H]1O. The largest absolute Gasteiger partial charge is 0.393 e. The van der Waals surface area contributed by atoms with E-state index < -0.39 is 16.4 Å². The van der Waals surface area contributed by atoms with Gasteiger partial charge in [0.1, 0.15) is 12.0 Å². The Morgan fingerprint density at radius 1 is 1.03 bits per heavy atom. The van der Waals surface area contributed by atoms with Gasteiger partial charge in [-0.25, -0.2) is 20.1 Å². The summed E-state index contributed by atoms with van der Waals surface area (Å²) < 4.78 is 26.8. The Balaban J connectivity index is 1.33. The zero-order valence-electron chi connectivity index (χ0n) is 18.3. The third kappa shape index (κ3) is 5.00. The van der Waals surface area contributed by atoms with Crippen LogP contribution in [0.1, 0.15) is 24.1 Å². The highest BCUT2D eigenvalue weighted by Gasteiger charge is 2.35. The maximum Gasteiger partial charge on any atom is 0.333 e. The lowest BCUT2D eigenvalue weighted by molar-refractivity contribution is 0.101. The molecule has 2 aromatic carbocycles. The summed E-state index contributed by atoms with van der Waals surface area (Å²) >= 11 is 0. The minimum absolute atomic E-state index is 0.108. The molecule has 3 atom stereocenters. The Hall–Kier alpha value is -3.18. The van der Waals surface area contributed by atoms with Crippen molar-refractivity contribution in [3.8, 4) is 11.1 Å². The van der Waals surface area contributed by atoms with E-state index in [2.05, 4.69) is 43.7 Å². The van der Waals surface area contributed by atoms with Crippen LogP contribution in [-0.2, 0) is 20.9 Å². The first-order chi connectivity index (χ1) is 16.4. The molecule has 1 aliphatic heterocycles. The predicted octanol–water partition coefficient (Wildman–Crippen LogP) is 2.59. The van der Waals surface area contributed by atoms with Crippen molar-refractivity contribution < 1.29 is 17.7 Å². The van der Waals surface area contributed by atoms with E-state index in [9.17, 15) is 13.5 Å². The number of anilines is 1. The van der Waals surface area contributed by atoms with Crippen LogP contribution < -0.4 is 10.5 Å². The molecule has 1 fully saturated rings. The number of aliphatic imine (C=N–C) groups is 1. The van der Waals surface area contributed by atoms with Gasteiger partial charge in [-0.15, -0.1) is 0 Å². The summed E-state index contributed by atoms with van der Waals surface area (Å²) in [6, 6.07) is 18.4. The van der Waals surface area contributed by atoms with E-state index in [0.717, 1.165) is 28.1 Å². The summed E-state index contributed by atoms with van der Waals surface area (Å²) in [5.41, 5.74) is 5.74. The van der Waals surface area contributed by atoms with Gasteiger partial charge in [0.2, 0.25) is 0 Å². The maximum atomic E-state index is 11.1. The zero-order valence-corrected chi connectivity index (χ0v) is 19.1. The third-order valence-electron chi connectivity index (χ3n) is 6.23. The van der Waals surface area contributed by atoms with E-state index in [1.165, 1.54) is 6.33 Å². The summed E-state index contributed by atoms with van der Waals surface area (Å²) in [4.78, 5) is 13.7. The highest BCUT2D eigenvalue weighted by atomic mass is 32.2. The van der Waals surface area contributed by atoms with E-state index in [-0.39, 0.29) is 18.6 Å². The van der Waals surface area contributed by atoms with E-state index in [1.807, 2.05) is 30.3 Å². The number of aliphatic hydroxyl groups excluding tert-OH is 1. The van der Waals surface area contributed by atoms with E-state index in [1.54, 1.807) is 0 Å². The smallest absolute Gasteiger partial charge is 0.333 e. The molecule has 34 heavy (non-hydrogen) atoms. The number of aliphatic hydroxyl groups is 1. The van der Waals surface area contributed by atoms with Crippen LogP contribution in [0.4, 0.5) is 11.5 Å². The highest BCUT2D eigenvalue weighted by Crippen LogP contribution is 2.36. The van der Waals surface area contributed by atoms with Crippen molar-refractivity contribution in [1.82, 2.24) is 9.97 Å². The fourth-order valence-electron chi connectivity index (χ4n) is 4.55. The van der Waals surface area contributed by atoms with Crippen molar-refractivity contribution in [2.24, 2.45) is 16.0 Å². The molecule has 2 heterocycles. The van der Waals surface area contributed by atoms with E-state index in [0.29, 0.717) is 30.8 Å². The van der Waals surface area contributed by atoms with Crippen LogP contribution in [0.2, 0.25) is 0 Å². The summed E-state index contributed by atoms with van der Waals surface area (Å²) in [7, 11) is -4.04. The summed E-state index contributed by atoms with van der Waals surface area (Å²) in [5, 5.41) is 18.6. The lowest BCUT2D eigenvalue weighted by Gasteiger charge is -2.14. The van der Waals surface area contributed by atoms with Gasteiger partial charge in [0.15, 0.2) is 5.82 Å². The molecule has 1 saturated carbocycles. The average molecular weight is 480 g/mol. The van der Waals surface area contributed by atoms with Crippen LogP contribution in [0.25, 0.3) is 11.1 Å². The number of aromatic nitrogens is 2. The second-order valence-corrected chi connectivity index (χ2v) is 9.84. The number of rotatable bonds is 7. The van der Waals surface area contributed by atoms with Gasteiger partial charge in [-0.3, -0.25) is 4.18 Å². The Bertz CT molecular complexity index is 1330. The number of fused-ring (bicyclic) bond motifs is 1. The standard InChI is InChI=1S/C24H25N5O4S/c25-34(31,32)33-13-18-10-19(11-22(18)30)28-24-23-21(26-14-27-24)12-20(29-23)17-8-4-7-16(9-17)15-5-2-1-3-6-15/h1-9,14,18-19,22,30H,10-13H2,(H2,25,31,32)(H,26,27,28)/t18-,19+,22-/m0/s1. The maximum absolute atomic E-state index is 11.1. The molecule has 3 aromatic rings. The third-order valence-corrected chi connectivity index (χ3v) is 6.69. The molecule has 4 N–H and O–H groups in total. The van der Waals surface area contributed by atoms with Crippen LogP contribution in [0.5, 0.6) is 0 Å². The molecule has 0 spiro atoms. The molecule has 5 rings (SSSR count). The van der Waals surface area contributed by atoms with Gasteiger partial charge in [0, 0.05) is 18.4 Å². The van der Waals surface area contributed by atoms with Gasteiger partial charge in [-0.05, 0) is 35.6 Å². The van der Waals surface area contributed by atoms with Crippen molar-refractivity contribution in [2.75, 3.05) is 11.9 Å². The predicted molar refractivity (Wildman–Crippen MR) is 129 cm³/mol. The van der Waals surface area contributed by atoms with Crippen LogP contribution in [-0.4, -0.2) is 48.0 Å². The van der Waals surface area contributed by atoms with Gasteiger partial charge in [0.05, 0.1) is 24.1 Å². The number of nitrogens with zero attached hydrogens (tertiary/aromatic N) is 3. The van der Waals surface area contributed by atoms with Gasteiger partial charge in [-0.1, -0.05) is 48.5 Å². The van der Waals surface area contributed by atoms with Gasteiger partial charge < -0.3 is 10.4 Å². The number of nitrogens with two attached hydrogens (primary N) is 1. The lowest BCUT2D eigenvalue weighted by atomic mass is 10.00. The topological polar surface area (TPSA) is 140 Å². The molecule has 2 aliphatic rings. The molecule has 0 radical (unpaired) electrons. The number of benzene rings is 2. The summed E-state index contributed by atoms with van der Waals surface area (Å²) in [6.45, 7) is -0.153. The number of nitrogens with one attached hydrogen (secondary N) is 1. The fourth-order valence-corrected chi connectivity index (χ4v) is 4.92.